The molecule has 1 saturated carbocycles. The van der Waals surface area contributed by atoms with Crippen LogP contribution in [-0.2, 0) is 11.2 Å². The number of likely N-dealkylation sites (tertiary alicyclic amines) is 1. The third-order valence-electron chi connectivity index (χ3n) is 3.78. The molecule has 1 aliphatic carbocycles. The molecule has 0 unspecified atom stereocenters. The lowest BCUT2D eigenvalue weighted by Gasteiger charge is -2.19. The lowest BCUT2D eigenvalue weighted by atomic mass is 10.2. The highest BCUT2D eigenvalue weighted by atomic mass is 16.2. The summed E-state index contributed by atoms with van der Waals surface area (Å²) < 4.78 is 0. The second-order valence-corrected chi connectivity index (χ2v) is 5.36. The van der Waals surface area contributed by atoms with E-state index in [0.29, 0.717) is 18.2 Å². The number of carbonyl (C=O) groups is 1. The molecule has 2 heterocycles. The van der Waals surface area contributed by atoms with Crippen LogP contribution in [-0.4, -0.2) is 39.1 Å². The van der Waals surface area contributed by atoms with Crippen molar-refractivity contribution >= 4 is 5.91 Å². The first-order valence-corrected chi connectivity index (χ1v) is 7.02. The van der Waals surface area contributed by atoms with E-state index < -0.39 is 0 Å². The SMILES string of the molecule is O=C1CCCCCN1CCc1nc(C2CC2)n[nH]1. The molecule has 1 aromatic rings. The molecule has 0 atom stereocenters. The molecular formula is C13H20N4O. The summed E-state index contributed by atoms with van der Waals surface area (Å²) in [5.74, 6) is 2.78. The van der Waals surface area contributed by atoms with Gasteiger partial charge in [0.2, 0.25) is 5.91 Å². The number of aromatic nitrogens is 3. The normalized spacial score (nSPS) is 21.1. The standard InChI is InChI=1S/C13H20N4O/c18-12-4-2-1-3-8-17(12)9-7-11-14-13(16-15-11)10-5-6-10/h10H,1-9H2,(H,14,15,16). The first-order chi connectivity index (χ1) is 8.83. The Bertz CT molecular complexity index is 424. The van der Waals surface area contributed by atoms with E-state index in [9.17, 15) is 4.79 Å². The van der Waals surface area contributed by atoms with Gasteiger partial charge in [-0.05, 0) is 25.7 Å². The molecule has 1 N–H and O–H groups in total. The number of aromatic amines is 1. The van der Waals surface area contributed by atoms with Crippen molar-refractivity contribution in [3.05, 3.63) is 11.6 Å². The molecule has 1 amide bonds. The van der Waals surface area contributed by atoms with Crippen LogP contribution in [0.5, 0.6) is 0 Å². The molecule has 0 spiro atoms. The van der Waals surface area contributed by atoms with Crippen molar-refractivity contribution < 1.29 is 4.79 Å². The highest BCUT2D eigenvalue weighted by molar-refractivity contribution is 5.76. The second kappa shape index (κ2) is 5.08. The van der Waals surface area contributed by atoms with Gasteiger partial charge in [-0.1, -0.05) is 6.42 Å². The summed E-state index contributed by atoms with van der Waals surface area (Å²) in [5.41, 5.74) is 0. The lowest BCUT2D eigenvalue weighted by molar-refractivity contribution is -0.130. The molecule has 1 aromatic heterocycles. The van der Waals surface area contributed by atoms with Crippen LogP contribution in [0.1, 0.15) is 56.1 Å². The van der Waals surface area contributed by atoms with Crippen molar-refractivity contribution in [1.29, 1.82) is 0 Å². The van der Waals surface area contributed by atoms with Gasteiger partial charge in [0.25, 0.3) is 0 Å². The van der Waals surface area contributed by atoms with Crippen LogP contribution >= 0.6 is 0 Å². The minimum atomic E-state index is 0.300. The summed E-state index contributed by atoms with van der Waals surface area (Å²) in [6.07, 6.45) is 7.31. The Hall–Kier alpha value is -1.39. The Morgan fingerprint density at radius 1 is 1.28 bits per heavy atom. The molecule has 5 heteroatoms. The van der Waals surface area contributed by atoms with E-state index in [-0.39, 0.29) is 0 Å². The van der Waals surface area contributed by atoms with Crippen LogP contribution in [0.3, 0.4) is 0 Å². The third kappa shape index (κ3) is 2.71. The van der Waals surface area contributed by atoms with Crippen molar-refractivity contribution in [1.82, 2.24) is 20.1 Å². The maximum atomic E-state index is 11.8. The Kier molecular flexibility index (Phi) is 3.30. The first kappa shape index (κ1) is 11.7. The van der Waals surface area contributed by atoms with Gasteiger partial charge in [0.15, 0.2) is 5.82 Å². The number of hydrogen-bond donors (Lipinski definition) is 1. The van der Waals surface area contributed by atoms with E-state index in [2.05, 4.69) is 15.2 Å². The van der Waals surface area contributed by atoms with Crippen molar-refractivity contribution in [2.24, 2.45) is 0 Å². The molecule has 18 heavy (non-hydrogen) atoms. The summed E-state index contributed by atoms with van der Waals surface area (Å²) >= 11 is 0. The quantitative estimate of drug-likeness (QED) is 0.881. The van der Waals surface area contributed by atoms with Crippen molar-refractivity contribution in [2.75, 3.05) is 13.1 Å². The highest BCUT2D eigenvalue weighted by Crippen LogP contribution is 2.37. The minimum Gasteiger partial charge on any atom is -0.342 e. The van der Waals surface area contributed by atoms with Gasteiger partial charge in [-0.25, -0.2) is 4.98 Å². The van der Waals surface area contributed by atoms with Gasteiger partial charge in [-0.3, -0.25) is 9.89 Å². The van der Waals surface area contributed by atoms with E-state index in [1.165, 1.54) is 19.3 Å². The van der Waals surface area contributed by atoms with E-state index in [0.717, 1.165) is 44.0 Å². The van der Waals surface area contributed by atoms with Gasteiger partial charge in [0, 0.05) is 31.8 Å². The Balaban J connectivity index is 1.53. The van der Waals surface area contributed by atoms with E-state index in [4.69, 9.17) is 0 Å². The first-order valence-electron chi connectivity index (χ1n) is 7.02. The summed E-state index contributed by atoms with van der Waals surface area (Å²) in [6, 6.07) is 0. The Labute approximate surface area is 107 Å². The summed E-state index contributed by atoms with van der Waals surface area (Å²) in [6.45, 7) is 1.68. The van der Waals surface area contributed by atoms with Gasteiger partial charge < -0.3 is 4.90 Å². The smallest absolute Gasteiger partial charge is 0.222 e. The molecule has 0 bridgehead atoms. The van der Waals surface area contributed by atoms with Gasteiger partial charge in [-0.15, -0.1) is 0 Å². The highest BCUT2D eigenvalue weighted by Gasteiger charge is 2.27. The number of nitrogens with one attached hydrogen (secondary N) is 1. The van der Waals surface area contributed by atoms with Crippen LogP contribution in [0, 0.1) is 0 Å². The second-order valence-electron chi connectivity index (χ2n) is 5.36. The number of rotatable bonds is 4. The number of hydrogen-bond acceptors (Lipinski definition) is 3. The molecule has 1 aliphatic heterocycles. The van der Waals surface area contributed by atoms with Gasteiger partial charge in [0.1, 0.15) is 5.82 Å². The average molecular weight is 248 g/mol. The summed E-state index contributed by atoms with van der Waals surface area (Å²) in [7, 11) is 0. The molecule has 3 rings (SSSR count). The van der Waals surface area contributed by atoms with Crippen molar-refractivity contribution in [3.63, 3.8) is 0 Å². The number of nitrogens with zero attached hydrogens (tertiary/aromatic N) is 3. The zero-order chi connectivity index (χ0) is 12.4. The monoisotopic (exact) mass is 248 g/mol. The molecular weight excluding hydrogens is 228 g/mol. The van der Waals surface area contributed by atoms with Crippen LogP contribution in [0.4, 0.5) is 0 Å². The molecule has 5 nitrogen and oxygen atoms in total. The summed E-state index contributed by atoms with van der Waals surface area (Å²) in [4.78, 5) is 18.3. The Morgan fingerprint density at radius 3 is 3.00 bits per heavy atom. The van der Waals surface area contributed by atoms with Gasteiger partial charge in [-0.2, -0.15) is 5.10 Å². The molecule has 0 radical (unpaired) electrons. The van der Waals surface area contributed by atoms with Gasteiger partial charge >= 0.3 is 0 Å². The predicted molar refractivity (Wildman–Crippen MR) is 67.1 cm³/mol. The zero-order valence-corrected chi connectivity index (χ0v) is 10.7. The molecule has 2 fully saturated rings. The molecule has 98 valence electrons. The van der Waals surface area contributed by atoms with E-state index >= 15 is 0 Å². The van der Waals surface area contributed by atoms with E-state index in [1.807, 2.05) is 4.90 Å². The maximum absolute atomic E-state index is 11.8. The minimum absolute atomic E-state index is 0.300. The van der Waals surface area contributed by atoms with Crippen LogP contribution in [0.2, 0.25) is 0 Å². The summed E-state index contributed by atoms with van der Waals surface area (Å²) in [5, 5.41) is 7.24. The topological polar surface area (TPSA) is 61.9 Å². The predicted octanol–water partition coefficient (Wildman–Crippen LogP) is 1.63. The van der Waals surface area contributed by atoms with Crippen LogP contribution < -0.4 is 0 Å². The number of amides is 1. The lowest BCUT2D eigenvalue weighted by Crippen LogP contribution is -2.32. The third-order valence-corrected chi connectivity index (χ3v) is 3.78. The Morgan fingerprint density at radius 2 is 2.17 bits per heavy atom. The molecule has 2 aliphatic rings. The fraction of sp³-hybridized carbons (Fsp3) is 0.769. The molecule has 1 saturated heterocycles. The largest absolute Gasteiger partial charge is 0.342 e. The van der Waals surface area contributed by atoms with Crippen molar-refractivity contribution in [2.45, 2.75) is 50.9 Å². The zero-order valence-electron chi connectivity index (χ0n) is 10.7. The van der Waals surface area contributed by atoms with Crippen LogP contribution in [0.25, 0.3) is 0 Å². The van der Waals surface area contributed by atoms with Gasteiger partial charge in [0.05, 0.1) is 0 Å². The molecule has 0 aromatic carbocycles. The number of carbonyl (C=O) groups excluding carboxylic acids is 1. The van der Waals surface area contributed by atoms with E-state index in [1.54, 1.807) is 0 Å². The maximum Gasteiger partial charge on any atom is 0.222 e. The fourth-order valence-corrected chi connectivity index (χ4v) is 2.46. The van der Waals surface area contributed by atoms with Crippen LogP contribution in [0.15, 0.2) is 0 Å². The fourth-order valence-electron chi connectivity index (χ4n) is 2.46. The van der Waals surface area contributed by atoms with Crippen molar-refractivity contribution in [3.8, 4) is 0 Å². The number of H-pyrrole nitrogens is 1. The average Bonchev–Trinajstić information content (AvgIpc) is 3.15.